The average molecular weight is 437 g/mol. The fraction of sp³-hybridized carbons (Fsp3) is 0.462. The van der Waals surface area contributed by atoms with Crippen molar-refractivity contribution >= 4 is 11.8 Å². The molecule has 0 aliphatic carbocycles. The molecule has 3 heterocycles. The molecule has 2 aromatic carbocycles. The van der Waals surface area contributed by atoms with Crippen LogP contribution in [0.2, 0.25) is 0 Å². The minimum absolute atomic E-state index is 0.0923. The molecular formula is C26H29FN2O3. The minimum atomic E-state index is -0.526. The fourth-order valence-electron chi connectivity index (χ4n) is 6.04. The predicted octanol–water partition coefficient (Wildman–Crippen LogP) is 3.92. The lowest BCUT2D eigenvalue weighted by Crippen LogP contribution is -2.66. The summed E-state index contributed by atoms with van der Waals surface area (Å²) < 4.78 is 19.2. The highest BCUT2D eigenvalue weighted by Gasteiger charge is 2.49. The summed E-state index contributed by atoms with van der Waals surface area (Å²) in [6, 6.07) is 15.0. The Bertz CT molecular complexity index is 1010. The molecule has 3 aliphatic rings. The molecule has 0 radical (unpaired) electrons. The SMILES string of the molecule is COc1ccc(C(=O)N2C[C@H]3C[C@@H](C2)[C@H](Cc2ccccc2)N2C(=O)CCC[C@@H]32)cc1F. The molecule has 0 saturated carbocycles. The lowest BCUT2D eigenvalue weighted by atomic mass is 9.70. The second kappa shape index (κ2) is 8.57. The number of rotatable bonds is 4. The zero-order chi connectivity index (χ0) is 22.2. The van der Waals surface area contributed by atoms with Gasteiger partial charge in [-0.05, 0) is 61.3 Å². The van der Waals surface area contributed by atoms with E-state index in [1.54, 1.807) is 6.07 Å². The van der Waals surface area contributed by atoms with Gasteiger partial charge in [-0.15, -0.1) is 0 Å². The van der Waals surface area contributed by atoms with Crippen molar-refractivity contribution < 1.29 is 18.7 Å². The zero-order valence-corrected chi connectivity index (χ0v) is 18.4. The molecule has 4 atom stereocenters. The summed E-state index contributed by atoms with van der Waals surface area (Å²) in [7, 11) is 1.41. The van der Waals surface area contributed by atoms with Gasteiger partial charge in [0.2, 0.25) is 5.91 Å². The first-order chi connectivity index (χ1) is 15.5. The topological polar surface area (TPSA) is 49.9 Å². The number of methoxy groups -OCH3 is 1. The van der Waals surface area contributed by atoms with Crippen LogP contribution in [0.1, 0.15) is 41.6 Å². The molecule has 5 nitrogen and oxygen atoms in total. The molecule has 3 fully saturated rings. The Morgan fingerprint density at radius 3 is 2.66 bits per heavy atom. The van der Waals surface area contributed by atoms with Gasteiger partial charge in [0, 0.05) is 37.2 Å². The Hall–Kier alpha value is -2.89. The van der Waals surface area contributed by atoms with Crippen LogP contribution < -0.4 is 4.74 Å². The van der Waals surface area contributed by atoms with Gasteiger partial charge < -0.3 is 14.5 Å². The van der Waals surface area contributed by atoms with Crippen LogP contribution in [0.25, 0.3) is 0 Å². The van der Waals surface area contributed by atoms with Crippen LogP contribution in [0.15, 0.2) is 48.5 Å². The van der Waals surface area contributed by atoms with Crippen molar-refractivity contribution in [2.24, 2.45) is 11.8 Å². The van der Waals surface area contributed by atoms with Crippen molar-refractivity contribution in [2.75, 3.05) is 20.2 Å². The first-order valence-electron chi connectivity index (χ1n) is 11.5. The Morgan fingerprint density at radius 2 is 1.91 bits per heavy atom. The molecule has 0 N–H and O–H groups in total. The van der Waals surface area contributed by atoms with Crippen molar-refractivity contribution in [3.63, 3.8) is 0 Å². The second-order valence-corrected chi connectivity index (χ2v) is 9.33. The number of carbonyl (C=O) groups is 2. The zero-order valence-electron chi connectivity index (χ0n) is 18.4. The number of amides is 2. The van der Waals surface area contributed by atoms with Gasteiger partial charge in [0.15, 0.2) is 11.6 Å². The van der Waals surface area contributed by atoms with Gasteiger partial charge in [-0.3, -0.25) is 9.59 Å². The van der Waals surface area contributed by atoms with Crippen LogP contribution >= 0.6 is 0 Å². The van der Waals surface area contributed by atoms with Gasteiger partial charge in [0.1, 0.15) is 0 Å². The monoisotopic (exact) mass is 436 g/mol. The smallest absolute Gasteiger partial charge is 0.253 e. The van der Waals surface area contributed by atoms with E-state index in [1.807, 2.05) is 23.1 Å². The van der Waals surface area contributed by atoms with E-state index in [4.69, 9.17) is 4.74 Å². The number of halogens is 1. The predicted molar refractivity (Wildman–Crippen MR) is 119 cm³/mol. The average Bonchev–Trinajstić information content (AvgIpc) is 2.82. The van der Waals surface area contributed by atoms with Crippen LogP contribution in [0, 0.1) is 17.7 Å². The number of fused-ring (bicyclic) bond motifs is 4. The molecule has 0 unspecified atom stereocenters. The van der Waals surface area contributed by atoms with Crippen molar-refractivity contribution in [3.05, 3.63) is 65.5 Å². The first kappa shape index (κ1) is 21.0. The van der Waals surface area contributed by atoms with Crippen molar-refractivity contribution in [1.29, 1.82) is 0 Å². The summed E-state index contributed by atoms with van der Waals surface area (Å²) in [5, 5.41) is 0. The maximum absolute atomic E-state index is 14.2. The van der Waals surface area contributed by atoms with Gasteiger partial charge in [-0.2, -0.15) is 0 Å². The van der Waals surface area contributed by atoms with E-state index >= 15 is 0 Å². The number of nitrogens with zero attached hydrogens (tertiary/aromatic N) is 2. The van der Waals surface area contributed by atoms with Crippen LogP contribution in [0.3, 0.4) is 0 Å². The maximum atomic E-state index is 14.2. The molecular weight excluding hydrogens is 407 g/mol. The Kier molecular flexibility index (Phi) is 5.62. The summed E-state index contributed by atoms with van der Waals surface area (Å²) in [6.07, 6.45) is 4.37. The van der Waals surface area contributed by atoms with Gasteiger partial charge in [0.25, 0.3) is 5.91 Å². The number of carbonyl (C=O) groups excluding carboxylic acids is 2. The van der Waals surface area contributed by atoms with Crippen LogP contribution in [0.5, 0.6) is 5.75 Å². The number of hydrogen-bond donors (Lipinski definition) is 0. The van der Waals surface area contributed by atoms with E-state index in [9.17, 15) is 14.0 Å². The van der Waals surface area contributed by atoms with Gasteiger partial charge in [-0.1, -0.05) is 30.3 Å². The number of likely N-dealkylation sites (tertiary alicyclic amines) is 1. The normalized spacial score (nSPS) is 27.1. The Balaban J connectivity index is 1.42. The van der Waals surface area contributed by atoms with Crippen LogP contribution in [-0.2, 0) is 11.2 Å². The van der Waals surface area contributed by atoms with E-state index in [2.05, 4.69) is 17.0 Å². The first-order valence-corrected chi connectivity index (χ1v) is 11.5. The van der Waals surface area contributed by atoms with E-state index in [-0.39, 0.29) is 41.5 Å². The second-order valence-electron chi connectivity index (χ2n) is 9.33. The highest BCUT2D eigenvalue weighted by molar-refractivity contribution is 5.94. The van der Waals surface area contributed by atoms with E-state index in [1.165, 1.54) is 24.8 Å². The van der Waals surface area contributed by atoms with Crippen molar-refractivity contribution in [2.45, 2.75) is 44.2 Å². The third-order valence-corrected chi connectivity index (χ3v) is 7.47. The van der Waals surface area contributed by atoms with Gasteiger partial charge in [0.05, 0.1) is 7.11 Å². The van der Waals surface area contributed by atoms with Crippen LogP contribution in [0.4, 0.5) is 4.39 Å². The molecule has 3 aliphatic heterocycles. The fourth-order valence-corrected chi connectivity index (χ4v) is 6.04. The number of benzene rings is 2. The third-order valence-electron chi connectivity index (χ3n) is 7.47. The molecule has 168 valence electrons. The van der Waals surface area contributed by atoms with Gasteiger partial charge in [-0.25, -0.2) is 4.39 Å². The standard InChI is InChI=1S/C26H29FN2O3/c1-32-24-11-10-18(14-21(24)27)26(31)28-15-19-13-20(16-28)23(12-17-6-3-2-4-7-17)29-22(19)8-5-9-25(29)30/h2-4,6-7,10-11,14,19-20,22-23H,5,8-9,12-13,15-16H2,1H3/t19-,20+,22+,23+/m1/s1. The number of ether oxygens (including phenoxy) is 1. The summed E-state index contributed by atoms with van der Waals surface area (Å²) in [4.78, 5) is 30.4. The Morgan fingerprint density at radius 1 is 1.12 bits per heavy atom. The molecule has 3 saturated heterocycles. The maximum Gasteiger partial charge on any atom is 0.253 e. The number of hydrogen-bond acceptors (Lipinski definition) is 3. The van der Waals surface area contributed by atoms with Crippen molar-refractivity contribution in [1.82, 2.24) is 9.80 Å². The van der Waals surface area contributed by atoms with Gasteiger partial charge >= 0.3 is 0 Å². The van der Waals surface area contributed by atoms with E-state index < -0.39 is 5.82 Å². The highest BCUT2D eigenvalue weighted by atomic mass is 19.1. The molecule has 2 bridgehead atoms. The molecule has 2 amide bonds. The quantitative estimate of drug-likeness (QED) is 0.730. The minimum Gasteiger partial charge on any atom is -0.494 e. The lowest BCUT2D eigenvalue weighted by molar-refractivity contribution is -0.151. The van der Waals surface area contributed by atoms with E-state index in [0.717, 1.165) is 25.7 Å². The molecule has 5 rings (SSSR count). The van der Waals surface area contributed by atoms with E-state index in [0.29, 0.717) is 25.1 Å². The summed E-state index contributed by atoms with van der Waals surface area (Å²) in [5.74, 6) is 0.221. The molecule has 0 aromatic heterocycles. The lowest BCUT2D eigenvalue weighted by Gasteiger charge is -2.56. The third kappa shape index (κ3) is 3.76. The summed E-state index contributed by atoms with van der Waals surface area (Å²) in [6.45, 7) is 1.21. The summed E-state index contributed by atoms with van der Waals surface area (Å²) >= 11 is 0. The highest BCUT2D eigenvalue weighted by Crippen LogP contribution is 2.43. The number of piperidine rings is 3. The largest absolute Gasteiger partial charge is 0.494 e. The van der Waals surface area contributed by atoms with Crippen molar-refractivity contribution in [3.8, 4) is 5.75 Å². The summed E-state index contributed by atoms with van der Waals surface area (Å²) in [5.41, 5.74) is 1.56. The molecule has 2 aromatic rings. The molecule has 6 heteroatoms. The molecule has 32 heavy (non-hydrogen) atoms. The molecule has 0 spiro atoms. The van der Waals surface area contributed by atoms with Crippen LogP contribution in [-0.4, -0.2) is 53.9 Å². The Labute approximate surface area is 188 Å².